The highest BCUT2D eigenvalue weighted by Crippen LogP contribution is 2.26. The zero-order chi connectivity index (χ0) is 12.9. The van der Waals surface area contributed by atoms with E-state index in [1.807, 2.05) is 12.3 Å². The van der Waals surface area contributed by atoms with Crippen LogP contribution in [0.25, 0.3) is 0 Å². The van der Waals surface area contributed by atoms with E-state index in [0.29, 0.717) is 11.3 Å². The van der Waals surface area contributed by atoms with Gasteiger partial charge in [0.25, 0.3) is 0 Å². The van der Waals surface area contributed by atoms with Gasteiger partial charge in [-0.25, -0.2) is 4.98 Å². The van der Waals surface area contributed by atoms with Crippen LogP contribution in [0.5, 0.6) is 0 Å². The lowest BCUT2D eigenvalue weighted by Gasteiger charge is -2.29. The monoisotopic (exact) mass is 235 g/mol. The summed E-state index contributed by atoms with van der Waals surface area (Å²) in [5.74, 6) is 1.59. The molecule has 0 aliphatic heterocycles. The number of aromatic nitrogens is 1. The Bertz CT molecular complexity index is 345. The molecule has 0 saturated heterocycles. The summed E-state index contributed by atoms with van der Waals surface area (Å²) in [6, 6.07) is 4.07. The van der Waals surface area contributed by atoms with Crippen molar-refractivity contribution in [3.8, 4) is 0 Å². The molecule has 96 valence electrons. The molecular formula is C14H25N3. The highest BCUT2D eigenvalue weighted by molar-refractivity contribution is 5.51. The molecule has 17 heavy (non-hydrogen) atoms. The van der Waals surface area contributed by atoms with Gasteiger partial charge in [0.05, 0.1) is 0 Å². The van der Waals surface area contributed by atoms with E-state index in [4.69, 9.17) is 0 Å². The summed E-state index contributed by atoms with van der Waals surface area (Å²) >= 11 is 0. The average Bonchev–Trinajstić information content (AvgIpc) is 2.27. The number of hydrogen-bond acceptors (Lipinski definition) is 3. The number of anilines is 2. The minimum absolute atomic E-state index is 0.293. The van der Waals surface area contributed by atoms with E-state index in [-0.39, 0.29) is 0 Å². The van der Waals surface area contributed by atoms with Crippen molar-refractivity contribution >= 4 is 11.5 Å². The number of hydrogen-bond donors (Lipinski definition) is 2. The average molecular weight is 235 g/mol. The van der Waals surface area contributed by atoms with Crippen molar-refractivity contribution in [3.05, 3.63) is 18.3 Å². The Balaban J connectivity index is 2.60. The van der Waals surface area contributed by atoms with Crippen LogP contribution in [0.2, 0.25) is 0 Å². The Morgan fingerprint density at radius 1 is 1.29 bits per heavy atom. The molecule has 0 fully saturated rings. The van der Waals surface area contributed by atoms with E-state index >= 15 is 0 Å². The van der Waals surface area contributed by atoms with Crippen LogP contribution in [0.1, 0.15) is 34.6 Å². The summed E-state index contributed by atoms with van der Waals surface area (Å²) in [6.07, 6.45) is 1.84. The predicted octanol–water partition coefficient (Wildman–Crippen LogP) is 3.61. The molecule has 0 spiro atoms. The summed E-state index contributed by atoms with van der Waals surface area (Å²) in [4.78, 5) is 4.26. The van der Waals surface area contributed by atoms with Gasteiger partial charge in [-0.15, -0.1) is 0 Å². The summed E-state index contributed by atoms with van der Waals surface area (Å²) in [7, 11) is 0. The second-order valence-corrected chi connectivity index (χ2v) is 5.46. The number of nitrogens with one attached hydrogen (secondary N) is 2. The summed E-state index contributed by atoms with van der Waals surface area (Å²) in [6.45, 7) is 13.0. The van der Waals surface area contributed by atoms with Gasteiger partial charge in [-0.1, -0.05) is 27.7 Å². The van der Waals surface area contributed by atoms with Gasteiger partial charge < -0.3 is 10.6 Å². The molecule has 2 N–H and O–H groups in total. The van der Waals surface area contributed by atoms with Crippen LogP contribution >= 0.6 is 0 Å². The quantitative estimate of drug-likeness (QED) is 0.791. The summed E-state index contributed by atoms with van der Waals surface area (Å²) in [5.41, 5.74) is 1.42. The predicted molar refractivity (Wildman–Crippen MR) is 75.5 cm³/mol. The van der Waals surface area contributed by atoms with Crippen molar-refractivity contribution in [2.75, 3.05) is 23.7 Å². The largest absolute Gasteiger partial charge is 0.384 e. The van der Waals surface area contributed by atoms with Crippen molar-refractivity contribution in [3.63, 3.8) is 0 Å². The number of pyridine rings is 1. The Kier molecular flexibility index (Phi) is 4.79. The topological polar surface area (TPSA) is 37.0 Å². The maximum absolute atomic E-state index is 4.26. The van der Waals surface area contributed by atoms with Crippen molar-refractivity contribution in [2.45, 2.75) is 34.6 Å². The molecular weight excluding hydrogens is 210 g/mol. The lowest BCUT2D eigenvalue weighted by Crippen LogP contribution is -2.28. The van der Waals surface area contributed by atoms with E-state index in [1.165, 1.54) is 0 Å². The zero-order valence-corrected chi connectivity index (χ0v) is 11.7. The van der Waals surface area contributed by atoms with E-state index in [2.05, 4.69) is 56.3 Å². The maximum atomic E-state index is 4.26. The van der Waals surface area contributed by atoms with Gasteiger partial charge in [0.15, 0.2) is 0 Å². The normalized spacial score (nSPS) is 11.6. The Morgan fingerprint density at radius 3 is 2.59 bits per heavy atom. The van der Waals surface area contributed by atoms with Crippen LogP contribution in [0.15, 0.2) is 18.3 Å². The van der Waals surface area contributed by atoms with Gasteiger partial charge in [-0.05, 0) is 24.3 Å². The molecule has 1 rings (SSSR count). The van der Waals surface area contributed by atoms with Gasteiger partial charge >= 0.3 is 0 Å². The standard InChI is InChI=1S/C14H25N3/c1-6-15-13-9-12(7-8-16-13)17-10-14(4,5)11(2)3/h7-9,11H,6,10H2,1-5H3,(H2,15,16,17). The van der Waals surface area contributed by atoms with Crippen LogP contribution in [0.4, 0.5) is 11.5 Å². The maximum Gasteiger partial charge on any atom is 0.127 e. The molecule has 0 aliphatic rings. The molecule has 0 aromatic carbocycles. The van der Waals surface area contributed by atoms with E-state index < -0.39 is 0 Å². The number of nitrogens with zero attached hydrogens (tertiary/aromatic N) is 1. The second kappa shape index (κ2) is 5.89. The second-order valence-electron chi connectivity index (χ2n) is 5.46. The molecule has 1 aromatic heterocycles. The van der Waals surface area contributed by atoms with Gasteiger partial charge in [0, 0.05) is 31.0 Å². The molecule has 3 nitrogen and oxygen atoms in total. The molecule has 0 radical (unpaired) electrons. The zero-order valence-electron chi connectivity index (χ0n) is 11.7. The van der Waals surface area contributed by atoms with Crippen LogP contribution in [0.3, 0.4) is 0 Å². The molecule has 0 bridgehead atoms. The van der Waals surface area contributed by atoms with Crippen LogP contribution in [-0.2, 0) is 0 Å². The summed E-state index contributed by atoms with van der Waals surface area (Å²) in [5, 5.41) is 6.70. The highest BCUT2D eigenvalue weighted by Gasteiger charge is 2.21. The Labute approximate surface area is 105 Å². The molecule has 1 aromatic rings. The smallest absolute Gasteiger partial charge is 0.127 e. The molecule has 1 heterocycles. The summed E-state index contributed by atoms with van der Waals surface area (Å²) < 4.78 is 0. The lowest BCUT2D eigenvalue weighted by atomic mass is 9.81. The molecule has 0 unspecified atom stereocenters. The molecule has 0 aliphatic carbocycles. The first kappa shape index (κ1) is 13.8. The van der Waals surface area contributed by atoms with Gasteiger partial charge in [-0.3, -0.25) is 0 Å². The van der Waals surface area contributed by atoms with Gasteiger partial charge in [0.1, 0.15) is 5.82 Å². The van der Waals surface area contributed by atoms with Crippen molar-refractivity contribution < 1.29 is 0 Å². The first-order chi connectivity index (χ1) is 7.95. The Hall–Kier alpha value is -1.25. The van der Waals surface area contributed by atoms with E-state index in [1.54, 1.807) is 0 Å². The fraction of sp³-hybridized carbons (Fsp3) is 0.643. The van der Waals surface area contributed by atoms with Crippen molar-refractivity contribution in [2.24, 2.45) is 11.3 Å². The van der Waals surface area contributed by atoms with E-state index in [9.17, 15) is 0 Å². The third kappa shape index (κ3) is 4.25. The fourth-order valence-electron chi connectivity index (χ4n) is 1.35. The first-order valence-electron chi connectivity index (χ1n) is 6.39. The fourth-order valence-corrected chi connectivity index (χ4v) is 1.35. The molecule has 0 atom stereocenters. The van der Waals surface area contributed by atoms with Gasteiger partial charge in [-0.2, -0.15) is 0 Å². The van der Waals surface area contributed by atoms with Crippen LogP contribution < -0.4 is 10.6 Å². The van der Waals surface area contributed by atoms with Crippen LogP contribution in [0, 0.1) is 11.3 Å². The number of rotatable bonds is 6. The minimum Gasteiger partial charge on any atom is -0.384 e. The lowest BCUT2D eigenvalue weighted by molar-refractivity contribution is 0.269. The van der Waals surface area contributed by atoms with Crippen molar-refractivity contribution in [1.82, 2.24) is 4.98 Å². The van der Waals surface area contributed by atoms with E-state index in [0.717, 1.165) is 24.6 Å². The van der Waals surface area contributed by atoms with Crippen molar-refractivity contribution in [1.29, 1.82) is 0 Å². The molecule has 0 amide bonds. The molecule has 3 heteroatoms. The minimum atomic E-state index is 0.293. The van der Waals surface area contributed by atoms with Gasteiger partial charge in [0.2, 0.25) is 0 Å². The first-order valence-corrected chi connectivity index (χ1v) is 6.39. The highest BCUT2D eigenvalue weighted by atomic mass is 15.0. The van der Waals surface area contributed by atoms with Crippen LogP contribution in [-0.4, -0.2) is 18.1 Å². The SMILES string of the molecule is CCNc1cc(NCC(C)(C)C(C)C)ccn1. The molecule has 0 saturated carbocycles. The third-order valence-electron chi connectivity index (χ3n) is 3.43. The Morgan fingerprint density at radius 2 is 2.00 bits per heavy atom. The third-order valence-corrected chi connectivity index (χ3v) is 3.43.